The molecule has 0 radical (unpaired) electrons. The largest absolute Gasteiger partial charge is 0.368 e. The Morgan fingerprint density at radius 3 is 2.43 bits per heavy atom. The Balaban J connectivity index is 1.99. The smallest absolute Gasteiger partial charge is 0.240 e. The lowest BCUT2D eigenvalue weighted by atomic mass is 10.0. The molecule has 0 saturated heterocycles. The molecule has 0 aliphatic carbocycles. The first-order valence-electron chi connectivity index (χ1n) is 7.01. The van der Waals surface area contributed by atoms with Gasteiger partial charge in [0.25, 0.3) is 0 Å². The number of hydrogen-bond donors (Lipinski definition) is 2. The normalized spacial score (nSPS) is 11.7. The van der Waals surface area contributed by atoms with E-state index in [0.29, 0.717) is 12.0 Å². The lowest BCUT2D eigenvalue weighted by Crippen LogP contribution is -2.46. The fourth-order valence-electron chi connectivity index (χ4n) is 2.16. The van der Waals surface area contributed by atoms with E-state index < -0.39 is 17.8 Å². The molecular formula is C17H16FIN2O2. The molecule has 6 heteroatoms. The minimum Gasteiger partial charge on any atom is -0.368 e. The summed E-state index contributed by atoms with van der Waals surface area (Å²) in [7, 11) is 0. The van der Waals surface area contributed by atoms with Gasteiger partial charge in [-0.25, -0.2) is 4.39 Å². The number of halogens is 2. The number of carbonyl (C=O) groups excluding carboxylic acids is 2. The second kappa shape index (κ2) is 8.05. The van der Waals surface area contributed by atoms with Crippen molar-refractivity contribution in [2.24, 2.45) is 5.73 Å². The van der Waals surface area contributed by atoms with Crippen molar-refractivity contribution in [3.8, 4) is 0 Å². The molecule has 0 saturated carbocycles. The van der Waals surface area contributed by atoms with Crippen molar-refractivity contribution < 1.29 is 14.0 Å². The van der Waals surface area contributed by atoms with Crippen molar-refractivity contribution in [3.05, 3.63) is 69.0 Å². The van der Waals surface area contributed by atoms with Gasteiger partial charge in [-0.2, -0.15) is 0 Å². The summed E-state index contributed by atoms with van der Waals surface area (Å²) in [5, 5.41) is 2.61. The first-order valence-corrected chi connectivity index (χ1v) is 8.09. The van der Waals surface area contributed by atoms with Gasteiger partial charge in [-0.1, -0.05) is 24.3 Å². The highest BCUT2D eigenvalue weighted by molar-refractivity contribution is 14.1. The zero-order valence-corrected chi connectivity index (χ0v) is 14.4. The summed E-state index contributed by atoms with van der Waals surface area (Å²) >= 11 is 2.19. The van der Waals surface area contributed by atoms with Gasteiger partial charge >= 0.3 is 0 Å². The minimum absolute atomic E-state index is 0.00573. The van der Waals surface area contributed by atoms with Crippen molar-refractivity contribution in [2.45, 2.75) is 18.9 Å². The molecule has 0 fully saturated rings. The fourth-order valence-corrected chi connectivity index (χ4v) is 2.52. The van der Waals surface area contributed by atoms with E-state index in [9.17, 15) is 14.0 Å². The first-order chi connectivity index (χ1) is 10.9. The van der Waals surface area contributed by atoms with Crippen LogP contribution >= 0.6 is 22.6 Å². The van der Waals surface area contributed by atoms with Gasteiger partial charge in [-0.3, -0.25) is 9.59 Å². The summed E-state index contributed by atoms with van der Waals surface area (Å²) in [4.78, 5) is 23.6. The molecule has 120 valence electrons. The number of amides is 2. The SMILES string of the molecule is NC(=O)[C@H](Cc1ccc(I)cc1)NC(=O)Cc1cccc(F)c1. The number of nitrogens with two attached hydrogens (primary N) is 1. The number of nitrogens with one attached hydrogen (secondary N) is 1. The Bertz CT molecular complexity index is 704. The highest BCUT2D eigenvalue weighted by Crippen LogP contribution is 2.09. The molecule has 2 amide bonds. The molecule has 1 atom stereocenters. The van der Waals surface area contributed by atoms with E-state index in [1.54, 1.807) is 6.07 Å². The molecule has 0 unspecified atom stereocenters. The molecule has 23 heavy (non-hydrogen) atoms. The quantitative estimate of drug-likeness (QED) is 0.696. The van der Waals surface area contributed by atoms with Crippen molar-refractivity contribution in [1.29, 1.82) is 0 Å². The van der Waals surface area contributed by atoms with Gasteiger partial charge in [-0.05, 0) is 58.0 Å². The Morgan fingerprint density at radius 2 is 1.83 bits per heavy atom. The molecule has 0 aliphatic rings. The van der Waals surface area contributed by atoms with Gasteiger partial charge in [0.2, 0.25) is 11.8 Å². The van der Waals surface area contributed by atoms with E-state index in [1.807, 2.05) is 24.3 Å². The third-order valence-electron chi connectivity index (χ3n) is 3.29. The van der Waals surface area contributed by atoms with Gasteiger partial charge in [0.15, 0.2) is 0 Å². The summed E-state index contributed by atoms with van der Waals surface area (Å²) in [5.41, 5.74) is 6.81. The van der Waals surface area contributed by atoms with Crippen molar-refractivity contribution in [3.63, 3.8) is 0 Å². The van der Waals surface area contributed by atoms with Crippen LogP contribution in [0.4, 0.5) is 4.39 Å². The number of benzene rings is 2. The average Bonchev–Trinajstić information content (AvgIpc) is 2.48. The maximum atomic E-state index is 13.1. The van der Waals surface area contributed by atoms with Crippen LogP contribution in [0.1, 0.15) is 11.1 Å². The van der Waals surface area contributed by atoms with Crippen LogP contribution in [-0.4, -0.2) is 17.9 Å². The van der Waals surface area contributed by atoms with E-state index in [4.69, 9.17) is 5.73 Å². The lowest BCUT2D eigenvalue weighted by Gasteiger charge is -2.16. The topological polar surface area (TPSA) is 72.2 Å². The number of rotatable bonds is 6. The molecule has 3 N–H and O–H groups in total. The molecule has 2 aromatic rings. The van der Waals surface area contributed by atoms with E-state index in [-0.39, 0.29) is 12.3 Å². The summed E-state index contributed by atoms with van der Waals surface area (Å²) in [6.45, 7) is 0. The van der Waals surface area contributed by atoms with Crippen molar-refractivity contribution >= 4 is 34.4 Å². The Morgan fingerprint density at radius 1 is 1.13 bits per heavy atom. The molecular weight excluding hydrogens is 410 g/mol. The van der Waals surface area contributed by atoms with Crippen LogP contribution in [0.2, 0.25) is 0 Å². The Hall–Kier alpha value is -1.96. The van der Waals surface area contributed by atoms with Crippen molar-refractivity contribution in [2.75, 3.05) is 0 Å². The van der Waals surface area contributed by atoms with Crippen LogP contribution in [0.25, 0.3) is 0 Å². The highest BCUT2D eigenvalue weighted by atomic mass is 127. The second-order valence-corrected chi connectivity index (χ2v) is 6.41. The highest BCUT2D eigenvalue weighted by Gasteiger charge is 2.18. The molecule has 0 aliphatic heterocycles. The zero-order chi connectivity index (χ0) is 16.8. The predicted octanol–water partition coefficient (Wildman–Crippen LogP) is 2.19. The summed E-state index contributed by atoms with van der Waals surface area (Å²) in [6, 6.07) is 12.6. The molecule has 0 aromatic heterocycles. The van der Waals surface area contributed by atoms with E-state index in [1.165, 1.54) is 18.2 Å². The monoisotopic (exact) mass is 426 g/mol. The van der Waals surface area contributed by atoms with E-state index >= 15 is 0 Å². The van der Waals surface area contributed by atoms with Gasteiger partial charge in [0, 0.05) is 9.99 Å². The van der Waals surface area contributed by atoms with Gasteiger partial charge in [0.05, 0.1) is 6.42 Å². The van der Waals surface area contributed by atoms with Crippen LogP contribution in [-0.2, 0) is 22.4 Å². The van der Waals surface area contributed by atoms with E-state index in [2.05, 4.69) is 27.9 Å². The van der Waals surface area contributed by atoms with Crippen LogP contribution in [0.15, 0.2) is 48.5 Å². The first kappa shape index (κ1) is 17.4. The minimum atomic E-state index is -0.795. The Labute approximate surface area is 147 Å². The van der Waals surface area contributed by atoms with Crippen LogP contribution < -0.4 is 11.1 Å². The third kappa shape index (κ3) is 5.63. The molecule has 0 spiro atoms. The molecule has 2 aromatic carbocycles. The maximum absolute atomic E-state index is 13.1. The zero-order valence-electron chi connectivity index (χ0n) is 12.3. The molecule has 0 heterocycles. The van der Waals surface area contributed by atoms with Crippen molar-refractivity contribution in [1.82, 2.24) is 5.32 Å². The summed E-state index contributed by atoms with van der Waals surface area (Å²) in [6.07, 6.45) is 0.315. The van der Waals surface area contributed by atoms with Crippen LogP contribution in [0.3, 0.4) is 0 Å². The molecule has 0 bridgehead atoms. The van der Waals surface area contributed by atoms with Crippen LogP contribution in [0.5, 0.6) is 0 Å². The van der Waals surface area contributed by atoms with E-state index in [0.717, 1.165) is 9.13 Å². The lowest BCUT2D eigenvalue weighted by molar-refractivity contribution is -0.127. The third-order valence-corrected chi connectivity index (χ3v) is 4.00. The van der Waals surface area contributed by atoms with Gasteiger partial charge in [-0.15, -0.1) is 0 Å². The predicted molar refractivity (Wildman–Crippen MR) is 94.1 cm³/mol. The number of carbonyl (C=O) groups is 2. The second-order valence-electron chi connectivity index (χ2n) is 5.16. The maximum Gasteiger partial charge on any atom is 0.240 e. The number of hydrogen-bond acceptors (Lipinski definition) is 2. The van der Waals surface area contributed by atoms with Crippen LogP contribution in [0, 0.1) is 9.39 Å². The standard InChI is InChI=1S/C17H16FIN2O2/c18-13-3-1-2-12(8-13)10-16(22)21-15(17(20)23)9-11-4-6-14(19)7-5-11/h1-8,15H,9-10H2,(H2,20,23)(H,21,22)/t15-/m0/s1. The summed E-state index contributed by atoms with van der Waals surface area (Å²) < 4.78 is 14.2. The molecule has 4 nitrogen and oxygen atoms in total. The fraction of sp³-hybridized carbons (Fsp3) is 0.176. The van der Waals surface area contributed by atoms with Gasteiger partial charge < -0.3 is 11.1 Å². The molecule has 2 rings (SSSR count). The van der Waals surface area contributed by atoms with Gasteiger partial charge in [0.1, 0.15) is 11.9 Å². The summed E-state index contributed by atoms with van der Waals surface area (Å²) in [5.74, 6) is -1.37. The Kier molecular flexibility index (Phi) is 6.09. The number of primary amides is 1. The average molecular weight is 426 g/mol.